The zero-order valence-corrected chi connectivity index (χ0v) is 14.3. The number of rotatable bonds is 2. The maximum absolute atomic E-state index is 14.8. The zero-order chi connectivity index (χ0) is 18.3. The van der Waals surface area contributed by atoms with E-state index < -0.39 is 29.3 Å². The third-order valence-corrected chi connectivity index (χ3v) is 5.47. The maximum atomic E-state index is 14.8. The van der Waals surface area contributed by atoms with Crippen LogP contribution in [0.4, 0.5) is 14.6 Å². The van der Waals surface area contributed by atoms with E-state index in [0.29, 0.717) is 0 Å². The summed E-state index contributed by atoms with van der Waals surface area (Å²) in [7, 11) is 0. The van der Waals surface area contributed by atoms with Crippen molar-refractivity contribution in [1.29, 1.82) is 0 Å². The van der Waals surface area contributed by atoms with Gasteiger partial charge in [-0.25, -0.2) is 13.6 Å². The summed E-state index contributed by atoms with van der Waals surface area (Å²) < 4.78 is 30.1. The van der Waals surface area contributed by atoms with Gasteiger partial charge in [0, 0.05) is 18.0 Å². The van der Waals surface area contributed by atoms with Crippen LogP contribution < -0.4 is 16.6 Å². The summed E-state index contributed by atoms with van der Waals surface area (Å²) in [6, 6.07) is 4.87. The van der Waals surface area contributed by atoms with Crippen LogP contribution in [-0.2, 0) is 6.42 Å². The Hall–Kier alpha value is -2.44. The number of aromatic nitrogens is 2. The van der Waals surface area contributed by atoms with Gasteiger partial charge >= 0.3 is 5.69 Å². The van der Waals surface area contributed by atoms with E-state index in [4.69, 9.17) is 0 Å². The second-order valence-electron chi connectivity index (χ2n) is 7.11. The molecule has 2 aromatic rings. The van der Waals surface area contributed by atoms with Crippen LogP contribution in [0.5, 0.6) is 0 Å². The average Bonchev–Trinajstić information content (AvgIpc) is 2.64. The number of H-pyrrole nitrogens is 1. The molecular weight excluding hydrogens is 340 g/mol. The Labute approximate surface area is 149 Å². The monoisotopic (exact) mass is 361 g/mol. The Morgan fingerprint density at radius 3 is 2.54 bits per heavy atom. The van der Waals surface area contributed by atoms with Crippen molar-refractivity contribution in [3.05, 3.63) is 62.0 Å². The molecule has 2 N–H and O–H groups in total. The lowest BCUT2D eigenvalue weighted by Crippen LogP contribution is -2.44. The molecule has 1 fully saturated rings. The van der Waals surface area contributed by atoms with Crippen LogP contribution in [0, 0.1) is 5.82 Å². The van der Waals surface area contributed by atoms with E-state index in [-0.39, 0.29) is 29.4 Å². The van der Waals surface area contributed by atoms with Gasteiger partial charge in [0.1, 0.15) is 17.8 Å². The highest BCUT2D eigenvalue weighted by Crippen LogP contribution is 2.33. The van der Waals surface area contributed by atoms with Crippen molar-refractivity contribution >= 4 is 5.82 Å². The summed E-state index contributed by atoms with van der Waals surface area (Å²) in [5, 5.41) is 2.83. The zero-order valence-electron chi connectivity index (χ0n) is 14.3. The average molecular weight is 361 g/mol. The minimum atomic E-state index is -1.46. The molecule has 0 radical (unpaired) electrons. The highest BCUT2D eigenvalue weighted by Gasteiger charge is 2.34. The number of nitrogens with zero attached hydrogens (tertiary/aromatic N) is 1. The second-order valence-corrected chi connectivity index (χ2v) is 7.11. The number of hydrogen-bond donors (Lipinski definition) is 2. The second kappa shape index (κ2) is 6.70. The predicted molar refractivity (Wildman–Crippen MR) is 94.8 cm³/mol. The molecule has 0 spiro atoms. The molecule has 1 saturated carbocycles. The van der Waals surface area contributed by atoms with E-state index in [1.165, 1.54) is 22.8 Å². The molecule has 0 saturated heterocycles. The molecule has 2 aliphatic rings. The molecule has 1 aliphatic carbocycles. The van der Waals surface area contributed by atoms with Crippen molar-refractivity contribution in [2.75, 3.05) is 5.32 Å². The summed E-state index contributed by atoms with van der Waals surface area (Å²) in [5.74, 6) is -0.316. The summed E-state index contributed by atoms with van der Waals surface area (Å²) in [5.41, 5.74) is -0.506. The summed E-state index contributed by atoms with van der Waals surface area (Å²) in [6.45, 7) is 0. The highest BCUT2D eigenvalue weighted by atomic mass is 19.1. The van der Waals surface area contributed by atoms with Crippen LogP contribution in [0.3, 0.4) is 0 Å². The molecular formula is C19H21F2N3O2. The maximum Gasteiger partial charge on any atom is 0.330 e. The molecule has 2 heterocycles. The molecule has 5 nitrogen and oxygen atoms in total. The molecule has 138 valence electrons. The van der Waals surface area contributed by atoms with E-state index in [0.717, 1.165) is 32.1 Å². The third-order valence-electron chi connectivity index (χ3n) is 5.47. The quantitative estimate of drug-likeness (QED) is 0.863. The first-order chi connectivity index (χ1) is 12.6. The fraction of sp³-hybridized carbons (Fsp3) is 0.474. The van der Waals surface area contributed by atoms with Crippen molar-refractivity contribution in [1.82, 2.24) is 9.55 Å². The number of aromatic amines is 1. The topological polar surface area (TPSA) is 66.9 Å². The van der Waals surface area contributed by atoms with Crippen LogP contribution in [0.1, 0.15) is 55.3 Å². The lowest BCUT2D eigenvalue weighted by molar-refractivity contribution is 0.277. The first-order valence-corrected chi connectivity index (χ1v) is 9.09. The van der Waals surface area contributed by atoms with Gasteiger partial charge in [-0.2, -0.15) is 0 Å². The van der Waals surface area contributed by atoms with Gasteiger partial charge in [-0.3, -0.25) is 14.3 Å². The van der Waals surface area contributed by atoms with Crippen molar-refractivity contribution in [2.24, 2.45) is 0 Å². The lowest BCUT2D eigenvalue weighted by Gasteiger charge is -2.31. The van der Waals surface area contributed by atoms with E-state index in [9.17, 15) is 18.4 Å². The number of benzene rings is 1. The number of halogens is 2. The van der Waals surface area contributed by atoms with Gasteiger partial charge in [0.25, 0.3) is 5.56 Å². The van der Waals surface area contributed by atoms with Gasteiger partial charge in [-0.05, 0) is 18.9 Å². The highest BCUT2D eigenvalue weighted by molar-refractivity contribution is 5.49. The molecule has 1 aliphatic heterocycles. The molecule has 0 amide bonds. The Morgan fingerprint density at radius 2 is 1.81 bits per heavy atom. The predicted octanol–water partition coefficient (Wildman–Crippen LogP) is 3.23. The van der Waals surface area contributed by atoms with Crippen LogP contribution in [0.15, 0.2) is 33.9 Å². The van der Waals surface area contributed by atoms with Crippen LogP contribution in [0.2, 0.25) is 0 Å². The van der Waals surface area contributed by atoms with Gasteiger partial charge in [-0.15, -0.1) is 0 Å². The van der Waals surface area contributed by atoms with Gasteiger partial charge in [0.05, 0.1) is 11.6 Å². The van der Waals surface area contributed by atoms with Crippen LogP contribution >= 0.6 is 0 Å². The van der Waals surface area contributed by atoms with Crippen molar-refractivity contribution in [3.63, 3.8) is 0 Å². The number of hydrogen-bond acceptors (Lipinski definition) is 3. The molecule has 0 bridgehead atoms. The first kappa shape index (κ1) is 17.0. The fourth-order valence-corrected chi connectivity index (χ4v) is 4.13. The van der Waals surface area contributed by atoms with Crippen molar-refractivity contribution in [3.8, 4) is 0 Å². The van der Waals surface area contributed by atoms with Crippen molar-refractivity contribution < 1.29 is 8.78 Å². The molecule has 7 heteroatoms. The van der Waals surface area contributed by atoms with E-state index >= 15 is 0 Å². The van der Waals surface area contributed by atoms with E-state index in [2.05, 4.69) is 10.3 Å². The molecule has 1 aromatic carbocycles. The minimum Gasteiger partial charge on any atom is -0.361 e. The van der Waals surface area contributed by atoms with E-state index in [1.54, 1.807) is 6.07 Å². The van der Waals surface area contributed by atoms with Gasteiger partial charge in [0.2, 0.25) is 0 Å². The SMILES string of the molecule is O=c1[nH]c2c(c(=O)n1C1CCCCC1)C[C@@H](F)[C@H](c1ccccc1F)N2. The molecule has 2 atom stereocenters. The Kier molecular flexibility index (Phi) is 4.38. The number of fused-ring (bicyclic) bond motifs is 1. The molecule has 26 heavy (non-hydrogen) atoms. The van der Waals surface area contributed by atoms with Crippen LogP contribution in [-0.4, -0.2) is 15.7 Å². The molecule has 1 aromatic heterocycles. The largest absolute Gasteiger partial charge is 0.361 e. The third kappa shape index (κ3) is 2.85. The Balaban J connectivity index is 1.74. The fourth-order valence-electron chi connectivity index (χ4n) is 4.13. The first-order valence-electron chi connectivity index (χ1n) is 9.09. The smallest absolute Gasteiger partial charge is 0.330 e. The van der Waals surface area contributed by atoms with Crippen molar-refractivity contribution in [2.45, 2.75) is 56.8 Å². The number of alkyl halides is 1. The lowest BCUT2D eigenvalue weighted by atomic mass is 9.92. The summed E-state index contributed by atoms with van der Waals surface area (Å²) in [4.78, 5) is 28.0. The number of nitrogens with one attached hydrogen (secondary N) is 2. The standard InChI is InChI=1S/C19H21F2N3O2/c20-14-9-5-4-8-12(14)16-15(21)10-13-17(22-16)23-19(26)24(18(13)25)11-6-2-1-3-7-11/h4-5,8-9,11,15-16,22H,1-3,6-7,10H2,(H,23,26)/t15-,16+/m1/s1. The van der Waals surface area contributed by atoms with Gasteiger partial charge in [0.15, 0.2) is 0 Å². The minimum absolute atomic E-state index is 0.132. The molecule has 0 unspecified atom stereocenters. The molecule has 4 rings (SSSR count). The Morgan fingerprint density at radius 1 is 1.08 bits per heavy atom. The van der Waals surface area contributed by atoms with E-state index in [1.807, 2.05) is 0 Å². The summed E-state index contributed by atoms with van der Waals surface area (Å²) in [6.07, 6.45) is 3.02. The Bertz CT molecular complexity index is 931. The number of anilines is 1. The van der Waals surface area contributed by atoms with Crippen LogP contribution in [0.25, 0.3) is 0 Å². The normalized spacial score (nSPS) is 23.3. The van der Waals surface area contributed by atoms with Gasteiger partial charge < -0.3 is 5.32 Å². The van der Waals surface area contributed by atoms with Gasteiger partial charge in [-0.1, -0.05) is 37.5 Å². The summed E-state index contributed by atoms with van der Waals surface area (Å²) >= 11 is 0.